The van der Waals surface area contributed by atoms with E-state index in [2.05, 4.69) is 148 Å². The van der Waals surface area contributed by atoms with Gasteiger partial charge in [0.2, 0.25) is 0 Å². The summed E-state index contributed by atoms with van der Waals surface area (Å²) in [5, 5.41) is -0.968. The zero-order valence-corrected chi connectivity index (χ0v) is 33.3. The number of fused-ring (bicyclic) bond motifs is 1. The van der Waals surface area contributed by atoms with Gasteiger partial charge in [0.25, 0.3) is 0 Å². The predicted octanol–water partition coefficient (Wildman–Crippen LogP) is 10.5. The first-order valence-electron chi connectivity index (χ1n) is 18.6. The Balaban J connectivity index is 1.46. The molecule has 274 valence electrons. The number of methoxy groups -OCH3 is 1. The van der Waals surface area contributed by atoms with Gasteiger partial charge in [-0.05, 0) is 0 Å². The topological polar surface area (TPSA) is 49.9 Å². The molecule has 0 amide bonds. The van der Waals surface area contributed by atoms with Crippen molar-refractivity contribution in [1.29, 1.82) is 0 Å². The van der Waals surface area contributed by atoms with Crippen LogP contribution in [0.2, 0.25) is 0 Å². The van der Waals surface area contributed by atoms with Crippen LogP contribution in [0, 0.1) is 20.8 Å². The zero-order valence-electron chi connectivity index (χ0n) is 31.5. The van der Waals surface area contributed by atoms with Gasteiger partial charge in [-0.15, -0.1) is 0 Å². The Morgan fingerprint density at radius 3 is 1.45 bits per heavy atom. The third-order valence-corrected chi connectivity index (χ3v) is 12.5. The van der Waals surface area contributed by atoms with E-state index in [1.165, 1.54) is 5.56 Å². The SMILES string of the molecule is COc1cc(C(c2ccccc2)c2ccccc2)c(N2C=C3C=CC=C(c4c(C)cc(C)cc4C)N3C2[SeH](=O)=O)c(C(c2ccccc2)c2ccccc2)c1. The van der Waals surface area contributed by atoms with Gasteiger partial charge in [0.05, 0.1) is 0 Å². The molecule has 2 aliphatic heterocycles. The van der Waals surface area contributed by atoms with Crippen LogP contribution in [0.25, 0.3) is 5.70 Å². The van der Waals surface area contributed by atoms with Crippen LogP contribution in [-0.2, 0) is 7.67 Å². The molecule has 0 saturated heterocycles. The van der Waals surface area contributed by atoms with E-state index < -0.39 is 18.8 Å². The molecule has 55 heavy (non-hydrogen) atoms. The Bertz CT molecular complexity index is 2290. The number of hydrogen-bond acceptors (Lipinski definition) is 5. The number of nitrogens with zero attached hydrogens (tertiary/aromatic N) is 2. The molecule has 1 atom stereocenters. The van der Waals surface area contributed by atoms with Crippen LogP contribution in [-0.4, -0.2) is 30.8 Å². The molecule has 0 radical (unpaired) electrons. The second kappa shape index (κ2) is 15.4. The Hall–Kier alpha value is -5.94. The molecule has 0 N–H and O–H groups in total. The van der Waals surface area contributed by atoms with Crippen LogP contribution in [0.1, 0.15) is 67.5 Å². The summed E-state index contributed by atoms with van der Waals surface area (Å²) in [7, 11) is 1.70. The van der Waals surface area contributed by atoms with Crippen molar-refractivity contribution in [2.24, 2.45) is 0 Å². The summed E-state index contributed by atoms with van der Waals surface area (Å²) in [6.07, 6.45) is 8.15. The second-order valence-electron chi connectivity index (χ2n) is 14.3. The van der Waals surface area contributed by atoms with Gasteiger partial charge in [-0.25, -0.2) is 0 Å². The van der Waals surface area contributed by atoms with Crippen LogP contribution >= 0.6 is 0 Å². The van der Waals surface area contributed by atoms with Gasteiger partial charge in [0, 0.05) is 0 Å². The van der Waals surface area contributed by atoms with Crippen molar-refractivity contribution in [1.82, 2.24) is 4.90 Å². The van der Waals surface area contributed by atoms with E-state index >= 15 is 0 Å². The molecular formula is C49H44N2O3Se. The minimum absolute atomic E-state index is 0.249. The zero-order chi connectivity index (χ0) is 38.1. The van der Waals surface area contributed by atoms with Crippen molar-refractivity contribution >= 4 is 25.1 Å². The predicted molar refractivity (Wildman–Crippen MR) is 223 cm³/mol. The number of ether oxygens (including phenoxy) is 1. The number of anilines is 1. The Morgan fingerprint density at radius 1 is 0.618 bits per heavy atom. The average Bonchev–Trinajstić information content (AvgIpc) is 3.60. The van der Waals surface area contributed by atoms with Crippen LogP contribution < -0.4 is 9.64 Å². The summed E-state index contributed by atoms with van der Waals surface area (Å²) in [6, 6.07) is 50.4. The standard InChI is InChI=1S/C49H44N2O3Se/c1-33-28-34(2)45(35(3)29-33)44-27-17-26-40-32-50(49(51(40)44)55(52)53)48-42(46(36-18-9-5-10-19-36)37-20-11-6-12-21-37)30-41(54-4)31-43(48)47(38-22-13-7-14-23-38)39-24-15-8-16-25-39/h5-32,46-47,49,55H,1-4H3. The Kier molecular flexibility index (Phi) is 10.1. The van der Waals surface area contributed by atoms with Crippen molar-refractivity contribution in [2.75, 3.05) is 12.0 Å². The third-order valence-electron chi connectivity index (χ3n) is 10.7. The molecule has 1 unspecified atom stereocenters. The van der Waals surface area contributed by atoms with Gasteiger partial charge in [-0.3, -0.25) is 0 Å². The first kappa shape index (κ1) is 36.1. The summed E-state index contributed by atoms with van der Waals surface area (Å²) in [5.74, 6) is 0.205. The fourth-order valence-corrected chi connectivity index (χ4v) is 10.3. The monoisotopic (exact) mass is 788 g/mol. The minimum atomic E-state index is -4.06. The third kappa shape index (κ3) is 6.84. The fourth-order valence-electron chi connectivity index (χ4n) is 8.59. The molecule has 0 spiro atoms. The number of rotatable bonds is 10. The molecular weight excluding hydrogens is 744 g/mol. The van der Waals surface area contributed by atoms with Crippen LogP contribution in [0.5, 0.6) is 5.75 Å². The van der Waals surface area contributed by atoms with Crippen molar-refractivity contribution in [3.8, 4) is 5.75 Å². The first-order chi connectivity index (χ1) is 26.8. The van der Waals surface area contributed by atoms with E-state index in [0.717, 1.165) is 67.2 Å². The van der Waals surface area contributed by atoms with Crippen molar-refractivity contribution < 1.29 is 12.4 Å². The van der Waals surface area contributed by atoms with Gasteiger partial charge in [0.1, 0.15) is 0 Å². The number of allylic oxidation sites excluding steroid dienone is 3. The van der Waals surface area contributed by atoms with E-state index in [-0.39, 0.29) is 11.8 Å². The molecule has 0 saturated carbocycles. The molecule has 5 nitrogen and oxygen atoms in total. The molecule has 0 fully saturated rings. The molecule has 6 heteroatoms. The summed E-state index contributed by atoms with van der Waals surface area (Å²) in [6.45, 7) is 6.32. The molecule has 8 rings (SSSR count). The van der Waals surface area contributed by atoms with Gasteiger partial charge in [-0.2, -0.15) is 0 Å². The van der Waals surface area contributed by atoms with Crippen molar-refractivity contribution in [2.45, 2.75) is 37.7 Å². The van der Waals surface area contributed by atoms with Gasteiger partial charge >= 0.3 is 329 Å². The second-order valence-corrected chi connectivity index (χ2v) is 16.5. The van der Waals surface area contributed by atoms with Gasteiger partial charge in [-0.1, -0.05) is 0 Å². The molecule has 0 aromatic heterocycles. The molecule has 2 aliphatic rings. The fraction of sp³-hybridized carbons (Fsp3) is 0.143. The van der Waals surface area contributed by atoms with Crippen LogP contribution in [0.15, 0.2) is 176 Å². The number of hydrogen-bond donors (Lipinski definition) is 0. The van der Waals surface area contributed by atoms with E-state index in [4.69, 9.17) is 4.74 Å². The van der Waals surface area contributed by atoms with Crippen LogP contribution in [0.3, 0.4) is 0 Å². The van der Waals surface area contributed by atoms with E-state index in [9.17, 15) is 7.67 Å². The maximum atomic E-state index is 14.1. The Morgan fingerprint density at radius 2 is 1.05 bits per heavy atom. The Labute approximate surface area is 327 Å². The van der Waals surface area contributed by atoms with Crippen LogP contribution in [0.4, 0.5) is 5.69 Å². The van der Waals surface area contributed by atoms with Gasteiger partial charge in [0.15, 0.2) is 0 Å². The van der Waals surface area contributed by atoms with Crippen molar-refractivity contribution in [3.63, 3.8) is 0 Å². The normalized spacial score (nSPS) is 15.1. The average molecular weight is 788 g/mol. The molecule has 2 heterocycles. The quantitative estimate of drug-likeness (QED) is 0.102. The molecule has 6 aromatic carbocycles. The molecule has 0 aliphatic carbocycles. The van der Waals surface area contributed by atoms with E-state index in [1.54, 1.807) is 7.11 Å². The maximum absolute atomic E-state index is 14.1. The molecule has 0 bridgehead atoms. The number of aryl methyl sites for hydroxylation is 3. The van der Waals surface area contributed by atoms with E-state index in [0.29, 0.717) is 5.75 Å². The van der Waals surface area contributed by atoms with E-state index in [1.807, 2.05) is 52.4 Å². The summed E-state index contributed by atoms with van der Waals surface area (Å²) < 4.78 is 34.4. The van der Waals surface area contributed by atoms with Crippen molar-refractivity contribution in [3.05, 3.63) is 231 Å². The molecule has 6 aromatic rings. The number of benzene rings is 6. The first-order valence-corrected chi connectivity index (χ1v) is 21.3. The summed E-state index contributed by atoms with van der Waals surface area (Å²) in [4.78, 5) is 4.07. The summed E-state index contributed by atoms with van der Waals surface area (Å²) in [5.41, 5.74) is 13.3. The van der Waals surface area contributed by atoms with Gasteiger partial charge < -0.3 is 0 Å². The summed E-state index contributed by atoms with van der Waals surface area (Å²) >= 11 is -4.06.